The zero-order valence-electron chi connectivity index (χ0n) is 17.3. The summed E-state index contributed by atoms with van der Waals surface area (Å²) in [5, 5.41) is 29.5. The third-order valence-electron chi connectivity index (χ3n) is 6.21. The van der Waals surface area contributed by atoms with Crippen molar-refractivity contribution in [3.8, 4) is 5.75 Å². The first-order chi connectivity index (χ1) is 14.8. The van der Waals surface area contributed by atoms with Crippen molar-refractivity contribution in [2.45, 2.75) is 56.8 Å². The summed E-state index contributed by atoms with van der Waals surface area (Å²) in [6.07, 6.45) is 6.08. The molecule has 1 saturated heterocycles. The molecule has 6 atom stereocenters. The maximum Gasteiger partial charge on any atom is 0.303 e. The van der Waals surface area contributed by atoms with E-state index in [1.54, 1.807) is 6.08 Å². The molecule has 6 nitrogen and oxygen atoms in total. The smallest absolute Gasteiger partial charge is 0.303 e. The first-order valence-electron chi connectivity index (χ1n) is 10.8. The molecule has 3 rings (SSSR count). The Kier molecular flexibility index (Phi) is 8.72. The minimum Gasteiger partial charge on any atom is -0.490 e. The van der Waals surface area contributed by atoms with E-state index < -0.39 is 24.0 Å². The van der Waals surface area contributed by atoms with Crippen molar-refractivity contribution < 1.29 is 34.0 Å². The van der Waals surface area contributed by atoms with Crippen molar-refractivity contribution >= 4 is 17.6 Å². The fourth-order valence-electron chi connectivity index (χ4n) is 4.55. The summed E-state index contributed by atoms with van der Waals surface area (Å²) in [6, 6.07) is 4.00. The average Bonchev–Trinajstić information content (AvgIpc) is 2.89. The number of benzene rings is 1. The molecule has 1 aromatic carbocycles. The van der Waals surface area contributed by atoms with Crippen molar-refractivity contribution in [2.24, 2.45) is 17.8 Å². The van der Waals surface area contributed by atoms with Crippen LogP contribution in [0.2, 0.25) is 5.02 Å². The normalized spacial score (nSPS) is 29.5. The van der Waals surface area contributed by atoms with Crippen LogP contribution in [0.25, 0.3) is 0 Å². The first-order valence-corrected chi connectivity index (χ1v) is 11.2. The minimum atomic E-state index is -0.884. The van der Waals surface area contributed by atoms with Crippen LogP contribution in [0.1, 0.15) is 38.5 Å². The Hall–Kier alpha value is -1.67. The zero-order chi connectivity index (χ0) is 22.4. The number of carbonyl (C=O) groups is 1. The lowest BCUT2D eigenvalue weighted by molar-refractivity contribution is -0.137. The summed E-state index contributed by atoms with van der Waals surface area (Å²) in [4.78, 5) is 10.7. The molecule has 1 aliphatic carbocycles. The molecule has 0 radical (unpaired) electrons. The molecule has 2 aliphatic rings. The minimum absolute atomic E-state index is 0.0163. The summed E-state index contributed by atoms with van der Waals surface area (Å²) in [7, 11) is 0. The molecule has 0 spiro atoms. The van der Waals surface area contributed by atoms with Crippen LogP contribution in [0.5, 0.6) is 5.75 Å². The van der Waals surface area contributed by atoms with Gasteiger partial charge >= 0.3 is 5.97 Å². The molecule has 1 aromatic rings. The number of hydrogen-bond acceptors (Lipinski definition) is 5. The van der Waals surface area contributed by atoms with Crippen LogP contribution in [-0.4, -0.2) is 52.8 Å². The van der Waals surface area contributed by atoms with E-state index in [1.807, 2.05) is 6.08 Å². The largest absolute Gasteiger partial charge is 0.490 e. The Bertz CT molecular complexity index is 772. The molecule has 1 aliphatic heterocycles. The number of aliphatic carboxylic acids is 1. The molecular weight excluding hydrogens is 427 g/mol. The van der Waals surface area contributed by atoms with Gasteiger partial charge in [0.15, 0.2) is 0 Å². The molecule has 3 N–H and O–H groups in total. The highest BCUT2D eigenvalue weighted by Crippen LogP contribution is 2.42. The highest BCUT2D eigenvalue weighted by Gasteiger charge is 2.43. The molecule has 1 heterocycles. The quantitative estimate of drug-likeness (QED) is 0.489. The number of halogens is 2. The van der Waals surface area contributed by atoms with Gasteiger partial charge in [-0.2, -0.15) is 0 Å². The standard InChI is InChI=1S/C23H30ClFO6/c24-19-10-16(6-9-20(19)25)30-13-15(26)5-8-17-18-7-4-14(2-1-3-23(28)29)12-31-22(18)11-21(17)27/h5-6,8-10,14-15,17-18,21-22,26-27H,1-4,7,11-13H2,(H,28,29)/b8-5+/t14-,15+,17+,18+,21+,22-/m0/s1. The van der Waals surface area contributed by atoms with Crippen LogP contribution in [0.15, 0.2) is 30.4 Å². The molecule has 0 aromatic heterocycles. The van der Waals surface area contributed by atoms with Gasteiger partial charge in [0.25, 0.3) is 0 Å². The molecule has 0 amide bonds. The lowest BCUT2D eigenvalue weighted by Gasteiger charge is -2.21. The maximum absolute atomic E-state index is 13.2. The second kappa shape index (κ2) is 11.3. The van der Waals surface area contributed by atoms with E-state index in [2.05, 4.69) is 0 Å². The Balaban J connectivity index is 1.50. The first kappa shape index (κ1) is 24.0. The van der Waals surface area contributed by atoms with Gasteiger partial charge in [0.05, 0.1) is 17.2 Å². The fraction of sp³-hybridized carbons (Fsp3) is 0.609. The fourth-order valence-corrected chi connectivity index (χ4v) is 4.72. The van der Waals surface area contributed by atoms with Gasteiger partial charge in [-0.1, -0.05) is 23.8 Å². The summed E-state index contributed by atoms with van der Waals surface area (Å²) in [6.45, 7) is 0.582. The molecule has 1 saturated carbocycles. The Labute approximate surface area is 186 Å². The number of aliphatic hydroxyl groups excluding tert-OH is 2. The van der Waals surface area contributed by atoms with Gasteiger partial charge in [-0.3, -0.25) is 4.79 Å². The lowest BCUT2D eigenvalue weighted by atomic mass is 9.86. The van der Waals surface area contributed by atoms with Gasteiger partial charge in [-0.05, 0) is 49.7 Å². The SMILES string of the molecule is O=C(O)CCC[C@H]1CC[C@@H]2[C@@H](/C=C/[C@@H](O)COc3ccc(F)c(Cl)c3)[C@H](O)C[C@@H]2OC1. The van der Waals surface area contributed by atoms with E-state index in [9.17, 15) is 19.4 Å². The molecule has 0 unspecified atom stereocenters. The van der Waals surface area contributed by atoms with Crippen LogP contribution >= 0.6 is 11.6 Å². The molecular formula is C23H30ClFO6. The van der Waals surface area contributed by atoms with Gasteiger partial charge in [0, 0.05) is 31.4 Å². The van der Waals surface area contributed by atoms with Gasteiger partial charge in [-0.15, -0.1) is 0 Å². The Morgan fingerprint density at radius 2 is 2.19 bits per heavy atom. The monoisotopic (exact) mass is 456 g/mol. The number of carboxylic acid groups (broad SMARTS) is 1. The molecule has 2 fully saturated rings. The third-order valence-corrected chi connectivity index (χ3v) is 6.50. The highest BCUT2D eigenvalue weighted by atomic mass is 35.5. The number of fused-ring (bicyclic) bond motifs is 1. The second-order valence-electron chi connectivity index (χ2n) is 8.48. The summed E-state index contributed by atoms with van der Waals surface area (Å²) < 4.78 is 24.7. The topological polar surface area (TPSA) is 96.2 Å². The van der Waals surface area contributed by atoms with E-state index in [0.717, 1.165) is 19.3 Å². The van der Waals surface area contributed by atoms with E-state index >= 15 is 0 Å². The number of carboxylic acids is 1. The predicted molar refractivity (Wildman–Crippen MR) is 114 cm³/mol. The number of aliphatic hydroxyl groups is 2. The van der Waals surface area contributed by atoms with Crippen LogP contribution < -0.4 is 4.74 Å². The second-order valence-corrected chi connectivity index (χ2v) is 8.89. The molecule has 31 heavy (non-hydrogen) atoms. The molecule has 8 heteroatoms. The summed E-state index contributed by atoms with van der Waals surface area (Å²) in [5.74, 6) is -0.546. The maximum atomic E-state index is 13.2. The number of ether oxygens (including phenoxy) is 2. The Morgan fingerprint density at radius 3 is 2.94 bits per heavy atom. The van der Waals surface area contributed by atoms with E-state index in [0.29, 0.717) is 31.1 Å². The zero-order valence-corrected chi connectivity index (χ0v) is 18.1. The van der Waals surface area contributed by atoms with Gasteiger partial charge in [0.1, 0.15) is 24.3 Å². The van der Waals surface area contributed by atoms with Gasteiger partial charge < -0.3 is 24.8 Å². The number of hydrogen-bond donors (Lipinski definition) is 3. The van der Waals surface area contributed by atoms with Crippen molar-refractivity contribution in [1.29, 1.82) is 0 Å². The average molecular weight is 457 g/mol. The van der Waals surface area contributed by atoms with Crippen LogP contribution in [0.4, 0.5) is 4.39 Å². The van der Waals surface area contributed by atoms with E-state index in [4.69, 9.17) is 26.2 Å². The Morgan fingerprint density at radius 1 is 1.39 bits per heavy atom. The summed E-state index contributed by atoms with van der Waals surface area (Å²) in [5.41, 5.74) is 0. The predicted octanol–water partition coefficient (Wildman–Crippen LogP) is 3.82. The van der Waals surface area contributed by atoms with Crippen LogP contribution in [0.3, 0.4) is 0 Å². The highest BCUT2D eigenvalue weighted by molar-refractivity contribution is 6.30. The van der Waals surface area contributed by atoms with Crippen LogP contribution in [-0.2, 0) is 9.53 Å². The van der Waals surface area contributed by atoms with Crippen LogP contribution in [0, 0.1) is 23.6 Å². The lowest BCUT2D eigenvalue weighted by Crippen LogP contribution is -2.22. The van der Waals surface area contributed by atoms with E-state index in [-0.39, 0.29) is 36.0 Å². The van der Waals surface area contributed by atoms with Crippen molar-refractivity contribution in [3.05, 3.63) is 41.2 Å². The molecule has 172 valence electrons. The van der Waals surface area contributed by atoms with Crippen molar-refractivity contribution in [2.75, 3.05) is 13.2 Å². The van der Waals surface area contributed by atoms with Gasteiger partial charge in [0.2, 0.25) is 0 Å². The summed E-state index contributed by atoms with van der Waals surface area (Å²) >= 11 is 5.73. The number of rotatable bonds is 9. The van der Waals surface area contributed by atoms with Crippen molar-refractivity contribution in [1.82, 2.24) is 0 Å². The molecule has 0 bridgehead atoms. The van der Waals surface area contributed by atoms with Crippen molar-refractivity contribution in [3.63, 3.8) is 0 Å². The third kappa shape index (κ3) is 6.91. The van der Waals surface area contributed by atoms with E-state index in [1.165, 1.54) is 18.2 Å². The van der Waals surface area contributed by atoms with Gasteiger partial charge in [-0.25, -0.2) is 4.39 Å².